The first-order valence-corrected chi connectivity index (χ1v) is 9.48. The highest BCUT2D eigenvalue weighted by molar-refractivity contribution is 5.94. The predicted octanol–water partition coefficient (Wildman–Crippen LogP) is 2.41. The Labute approximate surface area is 148 Å². The Morgan fingerprint density at radius 3 is 2.84 bits per heavy atom. The van der Waals surface area contributed by atoms with Gasteiger partial charge in [-0.05, 0) is 62.8 Å². The number of carbonyl (C=O) groups is 1. The summed E-state index contributed by atoms with van der Waals surface area (Å²) in [5, 5.41) is 11.2. The molecular weight excluding hydrogens is 312 g/mol. The highest BCUT2D eigenvalue weighted by Crippen LogP contribution is 2.28. The van der Waals surface area contributed by atoms with Crippen molar-refractivity contribution in [2.75, 3.05) is 13.1 Å². The van der Waals surface area contributed by atoms with Crippen molar-refractivity contribution in [2.24, 2.45) is 0 Å². The summed E-state index contributed by atoms with van der Waals surface area (Å²) in [6.07, 6.45) is 6.23. The van der Waals surface area contributed by atoms with Crippen LogP contribution in [0.3, 0.4) is 0 Å². The fourth-order valence-electron chi connectivity index (χ4n) is 3.93. The van der Waals surface area contributed by atoms with Gasteiger partial charge in [0.25, 0.3) is 5.91 Å². The van der Waals surface area contributed by atoms with Crippen molar-refractivity contribution >= 4 is 5.91 Å². The van der Waals surface area contributed by atoms with Crippen LogP contribution in [-0.4, -0.2) is 34.8 Å². The molecule has 1 aliphatic heterocycles. The van der Waals surface area contributed by atoms with Crippen LogP contribution >= 0.6 is 0 Å². The van der Waals surface area contributed by atoms with Crippen LogP contribution in [0.1, 0.15) is 53.5 Å². The molecule has 1 fully saturated rings. The van der Waals surface area contributed by atoms with Crippen molar-refractivity contribution < 1.29 is 4.79 Å². The van der Waals surface area contributed by atoms with Crippen LogP contribution < -0.4 is 10.6 Å². The molecule has 1 aromatic heterocycles. The van der Waals surface area contributed by atoms with Crippen molar-refractivity contribution in [2.45, 2.75) is 51.5 Å². The number of hydrogen-bond donors (Lipinski definition) is 2. The molecule has 4 rings (SSSR count). The van der Waals surface area contributed by atoms with E-state index in [0.717, 1.165) is 62.9 Å². The minimum absolute atomic E-state index is 0.0178. The lowest BCUT2D eigenvalue weighted by molar-refractivity contribution is 0.0924. The summed E-state index contributed by atoms with van der Waals surface area (Å²) in [6.45, 7) is 4.06. The van der Waals surface area contributed by atoms with Crippen molar-refractivity contribution in [1.29, 1.82) is 0 Å². The lowest BCUT2D eigenvalue weighted by Gasteiger charge is -2.23. The number of hydrogen-bond acceptors (Lipinski definition) is 3. The van der Waals surface area contributed by atoms with Gasteiger partial charge in [-0.1, -0.05) is 19.1 Å². The van der Waals surface area contributed by atoms with E-state index in [1.54, 1.807) is 0 Å². The molecule has 0 bridgehead atoms. The zero-order valence-corrected chi connectivity index (χ0v) is 14.8. The average molecular weight is 338 g/mol. The van der Waals surface area contributed by atoms with Crippen molar-refractivity contribution in [3.63, 3.8) is 0 Å². The number of nitrogens with zero attached hydrogens (tertiary/aromatic N) is 2. The second kappa shape index (κ2) is 7.00. The van der Waals surface area contributed by atoms with E-state index in [-0.39, 0.29) is 11.9 Å². The maximum absolute atomic E-state index is 12.8. The van der Waals surface area contributed by atoms with Gasteiger partial charge in [-0.2, -0.15) is 5.10 Å². The van der Waals surface area contributed by atoms with E-state index in [4.69, 9.17) is 5.10 Å². The van der Waals surface area contributed by atoms with Gasteiger partial charge in [-0.3, -0.25) is 4.79 Å². The molecule has 0 unspecified atom stereocenters. The molecule has 2 N–H and O–H groups in total. The van der Waals surface area contributed by atoms with E-state index in [1.165, 1.54) is 11.3 Å². The Bertz CT molecular complexity index is 757. The number of benzene rings is 1. The van der Waals surface area contributed by atoms with E-state index < -0.39 is 0 Å². The number of fused-ring (bicyclic) bond motifs is 1. The highest BCUT2D eigenvalue weighted by Gasteiger charge is 2.28. The van der Waals surface area contributed by atoms with Gasteiger partial charge in [0.15, 0.2) is 5.69 Å². The number of piperidine rings is 1. The number of nitrogens with one attached hydrogen (secondary N) is 2. The topological polar surface area (TPSA) is 59.0 Å². The third kappa shape index (κ3) is 3.21. The van der Waals surface area contributed by atoms with Gasteiger partial charge in [-0.25, -0.2) is 4.68 Å². The third-order valence-electron chi connectivity index (χ3n) is 5.37. The third-order valence-corrected chi connectivity index (χ3v) is 5.37. The lowest BCUT2D eigenvalue weighted by Crippen LogP contribution is -2.45. The molecule has 1 saturated heterocycles. The van der Waals surface area contributed by atoms with Crippen LogP contribution in [0.25, 0.3) is 5.69 Å². The monoisotopic (exact) mass is 338 g/mol. The minimum atomic E-state index is -0.0178. The summed E-state index contributed by atoms with van der Waals surface area (Å²) in [7, 11) is 0. The van der Waals surface area contributed by atoms with Crippen LogP contribution in [0, 0.1) is 0 Å². The van der Waals surface area contributed by atoms with Crippen LogP contribution in [0.15, 0.2) is 24.3 Å². The molecule has 0 saturated carbocycles. The van der Waals surface area contributed by atoms with E-state index >= 15 is 0 Å². The van der Waals surface area contributed by atoms with Crippen LogP contribution in [-0.2, 0) is 19.3 Å². The molecular formula is C20H26N4O. The second-order valence-corrected chi connectivity index (χ2v) is 7.08. The average Bonchev–Trinajstić information content (AvgIpc) is 3.25. The van der Waals surface area contributed by atoms with Gasteiger partial charge in [-0.15, -0.1) is 0 Å². The largest absolute Gasteiger partial charge is 0.347 e. The molecule has 2 aliphatic rings. The van der Waals surface area contributed by atoms with Crippen molar-refractivity contribution in [1.82, 2.24) is 20.4 Å². The molecule has 2 heterocycles. The standard InChI is InChI=1S/C20H26N4O/c1-2-14-8-10-16(11-9-14)24-18-7-3-6-17(18)19(23-24)20(25)22-15-5-4-12-21-13-15/h8-11,15,21H,2-7,12-13H2,1H3,(H,22,25)/t15-/m0/s1. The molecule has 5 nitrogen and oxygen atoms in total. The summed E-state index contributed by atoms with van der Waals surface area (Å²) in [4.78, 5) is 12.8. The molecule has 0 radical (unpaired) electrons. The highest BCUT2D eigenvalue weighted by atomic mass is 16.2. The Morgan fingerprint density at radius 1 is 1.28 bits per heavy atom. The van der Waals surface area contributed by atoms with E-state index in [9.17, 15) is 4.79 Å². The van der Waals surface area contributed by atoms with E-state index in [2.05, 4.69) is 41.8 Å². The van der Waals surface area contributed by atoms with Crippen molar-refractivity contribution in [3.05, 3.63) is 46.8 Å². The molecule has 5 heteroatoms. The van der Waals surface area contributed by atoms with Gasteiger partial charge in [0.05, 0.1) is 5.69 Å². The lowest BCUT2D eigenvalue weighted by atomic mass is 10.1. The fourth-order valence-corrected chi connectivity index (χ4v) is 3.93. The molecule has 25 heavy (non-hydrogen) atoms. The van der Waals surface area contributed by atoms with Crippen LogP contribution in [0.4, 0.5) is 0 Å². The second-order valence-electron chi connectivity index (χ2n) is 7.08. The Morgan fingerprint density at radius 2 is 2.12 bits per heavy atom. The molecule has 1 amide bonds. The number of aromatic nitrogens is 2. The Balaban J connectivity index is 1.61. The van der Waals surface area contributed by atoms with Gasteiger partial charge >= 0.3 is 0 Å². The summed E-state index contributed by atoms with van der Waals surface area (Å²) >= 11 is 0. The molecule has 0 spiro atoms. The minimum Gasteiger partial charge on any atom is -0.347 e. The summed E-state index contributed by atoms with van der Waals surface area (Å²) in [5.74, 6) is -0.0178. The first-order chi connectivity index (χ1) is 12.3. The smallest absolute Gasteiger partial charge is 0.272 e. The summed E-state index contributed by atoms with van der Waals surface area (Å²) in [5.41, 5.74) is 5.33. The summed E-state index contributed by atoms with van der Waals surface area (Å²) < 4.78 is 1.98. The number of aryl methyl sites for hydroxylation is 1. The first kappa shape index (κ1) is 16.3. The molecule has 1 atom stereocenters. The summed E-state index contributed by atoms with van der Waals surface area (Å²) in [6, 6.07) is 8.72. The Hall–Kier alpha value is -2.14. The maximum Gasteiger partial charge on any atom is 0.272 e. The fraction of sp³-hybridized carbons (Fsp3) is 0.500. The van der Waals surface area contributed by atoms with Gasteiger partial charge in [0.1, 0.15) is 0 Å². The van der Waals surface area contributed by atoms with Crippen molar-refractivity contribution in [3.8, 4) is 5.69 Å². The molecule has 1 aliphatic carbocycles. The zero-order valence-electron chi connectivity index (χ0n) is 14.8. The first-order valence-electron chi connectivity index (χ1n) is 9.48. The number of rotatable bonds is 4. The van der Waals surface area contributed by atoms with Crippen LogP contribution in [0.2, 0.25) is 0 Å². The normalized spacial score (nSPS) is 19.6. The van der Waals surface area contributed by atoms with Gasteiger partial charge in [0, 0.05) is 23.8 Å². The SMILES string of the molecule is CCc1ccc(-n2nc(C(=O)N[C@H]3CCCNC3)c3c2CCC3)cc1. The van der Waals surface area contributed by atoms with E-state index in [1.807, 2.05) is 4.68 Å². The zero-order chi connectivity index (χ0) is 17.2. The van der Waals surface area contributed by atoms with E-state index in [0.29, 0.717) is 5.69 Å². The maximum atomic E-state index is 12.8. The predicted molar refractivity (Wildman–Crippen MR) is 98.3 cm³/mol. The molecule has 132 valence electrons. The van der Waals surface area contributed by atoms with Crippen LogP contribution in [0.5, 0.6) is 0 Å². The molecule has 1 aromatic carbocycles. The quantitative estimate of drug-likeness (QED) is 0.900. The number of carbonyl (C=O) groups excluding carboxylic acids is 1. The van der Waals surface area contributed by atoms with Gasteiger partial charge in [0.2, 0.25) is 0 Å². The van der Waals surface area contributed by atoms with Gasteiger partial charge < -0.3 is 10.6 Å². The molecule has 2 aromatic rings. The Kier molecular flexibility index (Phi) is 4.57. The number of amides is 1.